The van der Waals surface area contributed by atoms with E-state index in [2.05, 4.69) is 5.32 Å². The minimum atomic E-state index is -0.495. The standard InChI is InChI=1S/C17H21N3O4/c1-2-24-13-7-5-12(6-8-13)14-4-3-9-19(14)16(22)11-20-15(21)10-18-17(20)23/h5-8,14H,2-4,9-11H2,1H3,(H,18,23)/t14-/m1/s1. The lowest BCUT2D eigenvalue weighted by atomic mass is 10.0. The zero-order valence-electron chi connectivity index (χ0n) is 13.7. The van der Waals surface area contributed by atoms with E-state index in [1.807, 2.05) is 31.2 Å². The van der Waals surface area contributed by atoms with Crippen LogP contribution >= 0.6 is 0 Å². The molecule has 1 N–H and O–H groups in total. The molecule has 0 aromatic heterocycles. The summed E-state index contributed by atoms with van der Waals surface area (Å²) in [5.74, 6) is 0.249. The predicted molar refractivity (Wildman–Crippen MR) is 86.4 cm³/mol. The summed E-state index contributed by atoms with van der Waals surface area (Å²) in [7, 11) is 0. The van der Waals surface area contributed by atoms with Gasteiger partial charge in [-0.15, -0.1) is 0 Å². The van der Waals surface area contributed by atoms with Gasteiger partial charge in [0, 0.05) is 6.54 Å². The highest BCUT2D eigenvalue weighted by Gasteiger charge is 2.35. The van der Waals surface area contributed by atoms with E-state index < -0.39 is 6.03 Å². The van der Waals surface area contributed by atoms with Crippen molar-refractivity contribution in [2.75, 3.05) is 26.2 Å². The van der Waals surface area contributed by atoms with Crippen molar-refractivity contribution in [3.05, 3.63) is 29.8 Å². The highest BCUT2D eigenvalue weighted by Crippen LogP contribution is 2.33. The molecule has 2 saturated heterocycles. The Hall–Kier alpha value is -2.57. The fourth-order valence-corrected chi connectivity index (χ4v) is 3.21. The fourth-order valence-electron chi connectivity index (χ4n) is 3.21. The summed E-state index contributed by atoms with van der Waals surface area (Å²) >= 11 is 0. The quantitative estimate of drug-likeness (QED) is 0.825. The zero-order chi connectivity index (χ0) is 17.1. The van der Waals surface area contributed by atoms with Crippen molar-refractivity contribution in [3.63, 3.8) is 0 Å². The third kappa shape index (κ3) is 3.20. The molecule has 24 heavy (non-hydrogen) atoms. The van der Waals surface area contributed by atoms with Crippen LogP contribution in [0, 0.1) is 0 Å². The van der Waals surface area contributed by atoms with Gasteiger partial charge < -0.3 is 15.0 Å². The van der Waals surface area contributed by atoms with Gasteiger partial charge in [-0.25, -0.2) is 4.79 Å². The molecule has 0 bridgehead atoms. The summed E-state index contributed by atoms with van der Waals surface area (Å²) in [5, 5.41) is 2.43. The molecular weight excluding hydrogens is 310 g/mol. The summed E-state index contributed by atoms with van der Waals surface area (Å²) < 4.78 is 5.44. The van der Waals surface area contributed by atoms with Gasteiger partial charge in [-0.2, -0.15) is 0 Å². The molecule has 0 saturated carbocycles. The number of imide groups is 1. The van der Waals surface area contributed by atoms with E-state index >= 15 is 0 Å². The Bertz CT molecular complexity index is 628. The number of rotatable bonds is 5. The summed E-state index contributed by atoms with van der Waals surface area (Å²) in [5.41, 5.74) is 1.04. The van der Waals surface area contributed by atoms with Crippen molar-refractivity contribution in [3.8, 4) is 5.75 Å². The number of nitrogens with zero attached hydrogens (tertiary/aromatic N) is 2. The minimum Gasteiger partial charge on any atom is -0.494 e. The molecule has 7 nitrogen and oxygen atoms in total. The predicted octanol–water partition coefficient (Wildman–Crippen LogP) is 1.30. The van der Waals surface area contributed by atoms with Crippen LogP contribution in [0.1, 0.15) is 31.4 Å². The average molecular weight is 331 g/mol. The number of nitrogens with one attached hydrogen (secondary N) is 1. The maximum absolute atomic E-state index is 12.6. The van der Waals surface area contributed by atoms with Gasteiger partial charge >= 0.3 is 6.03 Å². The topological polar surface area (TPSA) is 79.0 Å². The molecule has 7 heteroatoms. The molecule has 4 amide bonds. The lowest BCUT2D eigenvalue weighted by molar-refractivity contribution is -0.137. The third-order valence-corrected chi connectivity index (χ3v) is 4.38. The monoisotopic (exact) mass is 331 g/mol. The van der Waals surface area contributed by atoms with Crippen LogP contribution in [-0.2, 0) is 9.59 Å². The number of urea groups is 1. The van der Waals surface area contributed by atoms with Crippen LogP contribution in [0.2, 0.25) is 0 Å². The Labute approximate surface area is 140 Å². The van der Waals surface area contributed by atoms with E-state index in [-0.39, 0.29) is 30.9 Å². The first kappa shape index (κ1) is 16.3. The number of carbonyl (C=O) groups is 3. The molecule has 1 aromatic carbocycles. The fraction of sp³-hybridized carbons (Fsp3) is 0.471. The molecule has 2 heterocycles. The van der Waals surface area contributed by atoms with Crippen molar-refractivity contribution in [1.82, 2.24) is 15.1 Å². The molecule has 128 valence electrons. The van der Waals surface area contributed by atoms with Crippen LogP contribution in [0.3, 0.4) is 0 Å². The number of hydrogen-bond acceptors (Lipinski definition) is 4. The van der Waals surface area contributed by atoms with Gasteiger partial charge in [-0.05, 0) is 37.5 Å². The highest BCUT2D eigenvalue weighted by atomic mass is 16.5. The molecule has 0 radical (unpaired) electrons. The number of ether oxygens (including phenoxy) is 1. The Kier molecular flexibility index (Phi) is 4.69. The molecule has 1 aromatic rings. The number of likely N-dealkylation sites (tertiary alicyclic amines) is 1. The second-order valence-corrected chi connectivity index (χ2v) is 5.89. The van der Waals surface area contributed by atoms with E-state index in [0.717, 1.165) is 29.1 Å². The van der Waals surface area contributed by atoms with Gasteiger partial charge in [0.1, 0.15) is 12.3 Å². The van der Waals surface area contributed by atoms with Crippen LogP contribution in [0.15, 0.2) is 24.3 Å². The first-order valence-corrected chi connectivity index (χ1v) is 8.20. The summed E-state index contributed by atoms with van der Waals surface area (Å²) in [6.45, 7) is 2.95. The maximum Gasteiger partial charge on any atom is 0.325 e. The minimum absolute atomic E-state index is 0.0195. The van der Waals surface area contributed by atoms with Gasteiger partial charge in [0.15, 0.2) is 0 Å². The number of carbonyl (C=O) groups excluding carboxylic acids is 3. The molecule has 2 aliphatic rings. The van der Waals surface area contributed by atoms with Crippen molar-refractivity contribution in [2.24, 2.45) is 0 Å². The molecule has 0 unspecified atom stereocenters. The lowest BCUT2D eigenvalue weighted by Crippen LogP contribution is -2.42. The van der Waals surface area contributed by atoms with E-state index in [0.29, 0.717) is 13.2 Å². The first-order chi connectivity index (χ1) is 11.6. The SMILES string of the molecule is CCOc1ccc([C@H]2CCCN2C(=O)CN2C(=O)CNC2=O)cc1. The van der Waals surface area contributed by atoms with E-state index in [9.17, 15) is 14.4 Å². The van der Waals surface area contributed by atoms with Crippen LogP contribution in [0.25, 0.3) is 0 Å². The smallest absolute Gasteiger partial charge is 0.325 e. The molecule has 1 atom stereocenters. The summed E-state index contributed by atoms with van der Waals surface area (Å²) in [6, 6.07) is 7.22. The van der Waals surface area contributed by atoms with Crippen LogP contribution in [0.4, 0.5) is 4.79 Å². The number of amides is 4. The van der Waals surface area contributed by atoms with Crippen molar-refractivity contribution >= 4 is 17.8 Å². The zero-order valence-corrected chi connectivity index (χ0v) is 13.7. The lowest BCUT2D eigenvalue weighted by Gasteiger charge is -2.26. The van der Waals surface area contributed by atoms with E-state index in [1.54, 1.807) is 4.90 Å². The number of benzene rings is 1. The van der Waals surface area contributed by atoms with Crippen LogP contribution in [-0.4, -0.2) is 53.9 Å². The third-order valence-electron chi connectivity index (χ3n) is 4.38. The second-order valence-electron chi connectivity index (χ2n) is 5.89. The van der Waals surface area contributed by atoms with Crippen molar-refractivity contribution in [1.29, 1.82) is 0 Å². The van der Waals surface area contributed by atoms with E-state index in [4.69, 9.17) is 4.74 Å². The first-order valence-electron chi connectivity index (χ1n) is 8.20. The highest BCUT2D eigenvalue weighted by molar-refractivity contribution is 6.04. The second kappa shape index (κ2) is 6.90. The molecule has 2 aliphatic heterocycles. The molecule has 3 rings (SSSR count). The normalized spacial score (nSPS) is 20.5. The Balaban J connectivity index is 1.69. The van der Waals surface area contributed by atoms with Gasteiger partial charge in [0.25, 0.3) is 5.91 Å². The molecule has 2 fully saturated rings. The maximum atomic E-state index is 12.6. The Morgan fingerprint density at radius 3 is 2.67 bits per heavy atom. The molecule has 0 spiro atoms. The number of hydrogen-bond donors (Lipinski definition) is 1. The largest absolute Gasteiger partial charge is 0.494 e. The van der Waals surface area contributed by atoms with Gasteiger partial charge in [0.2, 0.25) is 5.91 Å². The molecular formula is C17H21N3O4. The Morgan fingerprint density at radius 2 is 2.04 bits per heavy atom. The van der Waals surface area contributed by atoms with Crippen LogP contribution in [0.5, 0.6) is 5.75 Å². The van der Waals surface area contributed by atoms with Gasteiger partial charge in [-0.1, -0.05) is 12.1 Å². The van der Waals surface area contributed by atoms with Gasteiger partial charge in [-0.3, -0.25) is 14.5 Å². The Morgan fingerprint density at radius 1 is 1.29 bits per heavy atom. The van der Waals surface area contributed by atoms with E-state index in [1.165, 1.54) is 0 Å². The average Bonchev–Trinajstić information content (AvgIpc) is 3.18. The van der Waals surface area contributed by atoms with Crippen LogP contribution < -0.4 is 10.1 Å². The summed E-state index contributed by atoms with van der Waals surface area (Å²) in [6.07, 6.45) is 1.78. The van der Waals surface area contributed by atoms with Crippen molar-refractivity contribution in [2.45, 2.75) is 25.8 Å². The van der Waals surface area contributed by atoms with Gasteiger partial charge in [0.05, 0.1) is 19.2 Å². The molecule has 0 aliphatic carbocycles. The summed E-state index contributed by atoms with van der Waals surface area (Å²) in [4.78, 5) is 38.6. The van der Waals surface area contributed by atoms with Crippen molar-refractivity contribution < 1.29 is 19.1 Å².